The van der Waals surface area contributed by atoms with Gasteiger partial charge in [-0.25, -0.2) is 0 Å². The van der Waals surface area contributed by atoms with Crippen LogP contribution in [-0.4, -0.2) is 46.0 Å². The van der Waals surface area contributed by atoms with Crippen molar-refractivity contribution in [3.8, 4) is 0 Å². The number of thiophene rings is 1. The molecule has 1 aliphatic carbocycles. The van der Waals surface area contributed by atoms with Crippen LogP contribution in [0.15, 0.2) is 30.3 Å². The lowest BCUT2D eigenvalue weighted by atomic mass is 10.0. The number of halogens is 2. The van der Waals surface area contributed by atoms with Crippen molar-refractivity contribution >= 4 is 56.6 Å². The first-order chi connectivity index (χ1) is 14.7. The van der Waals surface area contributed by atoms with Gasteiger partial charge in [0.15, 0.2) is 0 Å². The number of aliphatic hydroxyl groups excluding tert-OH is 1. The Balaban J connectivity index is 1.61. The molecule has 2 aromatic heterocycles. The molecule has 3 aromatic rings. The standard InChI is InChI=1S/C22H23Cl2N3O3S/c1-10(2)19(28)22(30)27(3)18-12-7-5-4-6-11(12)8-13(18)26-21(29)14-9-15-17(25-14)16(23)20(24)31-15/h4-7,9-10,13,18-19,25,28H,8H2,1-3H3,(H,26,29)/t13-,18-,19+/m1/s1. The van der Waals surface area contributed by atoms with Crippen LogP contribution in [0.2, 0.25) is 9.36 Å². The van der Waals surface area contributed by atoms with Gasteiger partial charge in [-0.2, -0.15) is 0 Å². The number of hydrogen-bond donors (Lipinski definition) is 3. The van der Waals surface area contributed by atoms with Crippen molar-refractivity contribution in [2.75, 3.05) is 7.05 Å². The Kier molecular flexibility index (Phi) is 6.05. The second-order valence-corrected chi connectivity index (χ2v) is 10.2. The maximum absolute atomic E-state index is 13.0. The van der Waals surface area contributed by atoms with Crippen molar-refractivity contribution < 1.29 is 14.7 Å². The van der Waals surface area contributed by atoms with Gasteiger partial charge in [-0.05, 0) is 29.5 Å². The van der Waals surface area contributed by atoms with E-state index in [4.69, 9.17) is 23.2 Å². The van der Waals surface area contributed by atoms with E-state index in [9.17, 15) is 14.7 Å². The van der Waals surface area contributed by atoms with Gasteiger partial charge in [-0.15, -0.1) is 11.3 Å². The molecule has 0 bridgehead atoms. The first kappa shape index (κ1) is 22.1. The summed E-state index contributed by atoms with van der Waals surface area (Å²) in [6.45, 7) is 3.60. The van der Waals surface area contributed by atoms with E-state index in [-0.39, 0.29) is 29.8 Å². The molecule has 0 saturated heterocycles. The number of nitrogens with zero attached hydrogens (tertiary/aromatic N) is 1. The normalized spacial score (nSPS) is 18.9. The number of H-pyrrole nitrogens is 1. The minimum atomic E-state index is -1.10. The first-order valence-corrected chi connectivity index (χ1v) is 11.6. The number of fused-ring (bicyclic) bond motifs is 2. The molecule has 0 saturated carbocycles. The molecule has 1 aliphatic rings. The van der Waals surface area contributed by atoms with Crippen molar-refractivity contribution in [3.05, 3.63) is 56.5 Å². The zero-order valence-corrected chi connectivity index (χ0v) is 19.6. The number of amides is 2. The molecule has 0 aliphatic heterocycles. The fraction of sp³-hybridized carbons (Fsp3) is 0.364. The van der Waals surface area contributed by atoms with Gasteiger partial charge in [-0.3, -0.25) is 9.59 Å². The number of nitrogens with one attached hydrogen (secondary N) is 2. The lowest BCUT2D eigenvalue weighted by Crippen LogP contribution is -2.48. The third-order valence-electron chi connectivity index (χ3n) is 5.78. The maximum atomic E-state index is 13.0. The van der Waals surface area contributed by atoms with Crippen LogP contribution in [-0.2, 0) is 11.2 Å². The number of aromatic nitrogens is 1. The van der Waals surface area contributed by atoms with E-state index in [1.807, 2.05) is 24.3 Å². The maximum Gasteiger partial charge on any atom is 0.268 e. The van der Waals surface area contributed by atoms with Crippen molar-refractivity contribution in [2.45, 2.75) is 38.5 Å². The van der Waals surface area contributed by atoms with Gasteiger partial charge >= 0.3 is 0 Å². The number of carbonyl (C=O) groups is 2. The average molecular weight is 480 g/mol. The highest BCUT2D eigenvalue weighted by atomic mass is 35.5. The number of benzene rings is 1. The molecule has 9 heteroatoms. The molecule has 4 rings (SSSR count). The average Bonchev–Trinajstić information content (AvgIpc) is 3.39. The Labute approximate surface area is 194 Å². The fourth-order valence-electron chi connectivity index (χ4n) is 4.10. The van der Waals surface area contributed by atoms with Crippen LogP contribution in [0.3, 0.4) is 0 Å². The molecule has 2 amide bonds. The van der Waals surface area contributed by atoms with E-state index < -0.39 is 6.10 Å². The van der Waals surface area contributed by atoms with Crippen LogP contribution in [0.5, 0.6) is 0 Å². The lowest BCUT2D eigenvalue weighted by Gasteiger charge is -2.33. The highest BCUT2D eigenvalue weighted by Gasteiger charge is 2.39. The van der Waals surface area contributed by atoms with E-state index >= 15 is 0 Å². The fourth-order valence-corrected chi connectivity index (χ4v) is 5.58. The summed E-state index contributed by atoms with van der Waals surface area (Å²) in [6.07, 6.45) is -0.514. The molecule has 0 radical (unpaired) electrons. The molecule has 1 aromatic carbocycles. The first-order valence-electron chi connectivity index (χ1n) is 9.99. The summed E-state index contributed by atoms with van der Waals surface area (Å²) in [7, 11) is 1.67. The summed E-state index contributed by atoms with van der Waals surface area (Å²) in [5.74, 6) is -0.857. The molecule has 2 heterocycles. The Hall–Kier alpha value is -2.06. The van der Waals surface area contributed by atoms with Crippen molar-refractivity contribution in [1.82, 2.24) is 15.2 Å². The van der Waals surface area contributed by atoms with E-state index in [1.165, 1.54) is 11.3 Å². The Morgan fingerprint density at radius 3 is 2.68 bits per heavy atom. The molecule has 3 atom stereocenters. The Bertz CT molecular complexity index is 1160. The van der Waals surface area contributed by atoms with E-state index in [1.54, 1.807) is 31.9 Å². The van der Waals surface area contributed by atoms with Gasteiger partial charge in [0.25, 0.3) is 11.8 Å². The van der Waals surface area contributed by atoms with E-state index in [2.05, 4.69) is 10.3 Å². The number of aliphatic hydroxyl groups is 1. The van der Waals surface area contributed by atoms with Gasteiger partial charge < -0.3 is 20.3 Å². The quantitative estimate of drug-likeness (QED) is 0.506. The molecule has 6 nitrogen and oxygen atoms in total. The van der Waals surface area contributed by atoms with Crippen LogP contribution in [0.1, 0.15) is 41.5 Å². The summed E-state index contributed by atoms with van der Waals surface area (Å²) in [6, 6.07) is 8.83. The van der Waals surface area contributed by atoms with Crippen LogP contribution in [0, 0.1) is 5.92 Å². The largest absolute Gasteiger partial charge is 0.383 e. The Morgan fingerprint density at radius 2 is 2.00 bits per heavy atom. The predicted molar refractivity (Wildman–Crippen MR) is 124 cm³/mol. The smallest absolute Gasteiger partial charge is 0.268 e. The van der Waals surface area contributed by atoms with Crippen LogP contribution in [0.4, 0.5) is 0 Å². The van der Waals surface area contributed by atoms with Crippen LogP contribution in [0.25, 0.3) is 10.2 Å². The minimum Gasteiger partial charge on any atom is -0.383 e. The van der Waals surface area contributed by atoms with Crippen molar-refractivity contribution in [1.29, 1.82) is 0 Å². The van der Waals surface area contributed by atoms with Gasteiger partial charge in [0, 0.05) is 7.05 Å². The van der Waals surface area contributed by atoms with Gasteiger partial charge in [-0.1, -0.05) is 61.3 Å². The molecular formula is C22H23Cl2N3O3S. The molecule has 0 spiro atoms. The number of hydrogen-bond acceptors (Lipinski definition) is 4. The highest BCUT2D eigenvalue weighted by Crippen LogP contribution is 2.39. The molecule has 0 unspecified atom stereocenters. The number of aromatic amines is 1. The summed E-state index contributed by atoms with van der Waals surface area (Å²) in [5, 5.41) is 13.8. The summed E-state index contributed by atoms with van der Waals surface area (Å²) >= 11 is 13.6. The van der Waals surface area contributed by atoms with Crippen molar-refractivity contribution in [2.24, 2.45) is 5.92 Å². The summed E-state index contributed by atoms with van der Waals surface area (Å²) < 4.78 is 1.28. The third-order valence-corrected chi connectivity index (χ3v) is 7.71. The second-order valence-electron chi connectivity index (χ2n) is 8.18. The monoisotopic (exact) mass is 479 g/mol. The summed E-state index contributed by atoms with van der Waals surface area (Å²) in [4.78, 5) is 30.5. The van der Waals surface area contributed by atoms with Gasteiger partial charge in [0.05, 0.1) is 27.3 Å². The third kappa shape index (κ3) is 3.96. The zero-order chi connectivity index (χ0) is 22.4. The minimum absolute atomic E-state index is 0.205. The van der Waals surface area contributed by atoms with Crippen LogP contribution >= 0.6 is 34.5 Å². The number of carbonyl (C=O) groups excluding carboxylic acids is 2. The lowest BCUT2D eigenvalue weighted by molar-refractivity contribution is -0.143. The predicted octanol–water partition coefficient (Wildman–Crippen LogP) is 4.41. The molecule has 31 heavy (non-hydrogen) atoms. The summed E-state index contributed by atoms with van der Waals surface area (Å²) in [5.41, 5.74) is 3.06. The topological polar surface area (TPSA) is 85.4 Å². The zero-order valence-electron chi connectivity index (χ0n) is 17.3. The Morgan fingerprint density at radius 1 is 1.29 bits per heavy atom. The second kappa shape index (κ2) is 8.47. The van der Waals surface area contributed by atoms with E-state index in [0.717, 1.165) is 15.8 Å². The SMILES string of the molecule is CC(C)[C@H](O)C(=O)N(C)[C@@H]1c2ccccc2C[C@H]1NC(=O)c1cc2sc(Cl)c(Cl)c2[nH]1. The number of likely N-dealkylation sites (N-methyl/N-ethyl adjacent to an activating group) is 1. The molecule has 3 N–H and O–H groups in total. The number of rotatable bonds is 5. The van der Waals surface area contributed by atoms with Gasteiger partial charge in [0.1, 0.15) is 16.1 Å². The molecule has 164 valence electrons. The van der Waals surface area contributed by atoms with Gasteiger partial charge in [0.2, 0.25) is 0 Å². The molecule has 0 fully saturated rings. The molecular weight excluding hydrogens is 457 g/mol. The highest BCUT2D eigenvalue weighted by molar-refractivity contribution is 7.23. The van der Waals surface area contributed by atoms with E-state index in [0.29, 0.717) is 27.0 Å². The van der Waals surface area contributed by atoms with Crippen LogP contribution < -0.4 is 5.32 Å². The van der Waals surface area contributed by atoms with Crippen molar-refractivity contribution in [3.63, 3.8) is 0 Å².